The van der Waals surface area contributed by atoms with Gasteiger partial charge in [-0.3, -0.25) is 9.59 Å². The zero-order valence-corrected chi connectivity index (χ0v) is 20.4. The van der Waals surface area contributed by atoms with E-state index in [9.17, 15) is 9.59 Å². The van der Waals surface area contributed by atoms with Gasteiger partial charge in [-0.25, -0.2) is 0 Å². The van der Waals surface area contributed by atoms with Crippen molar-refractivity contribution in [3.8, 4) is 5.75 Å². The van der Waals surface area contributed by atoms with Crippen LogP contribution in [0.5, 0.6) is 5.75 Å². The van der Waals surface area contributed by atoms with Crippen LogP contribution in [0.15, 0.2) is 61.2 Å². The number of hydrogen-bond acceptors (Lipinski definition) is 3. The van der Waals surface area contributed by atoms with E-state index in [4.69, 9.17) is 4.74 Å². The first-order valence-corrected chi connectivity index (χ1v) is 12.5. The van der Waals surface area contributed by atoms with Crippen molar-refractivity contribution in [3.63, 3.8) is 0 Å². The fourth-order valence-electron chi connectivity index (χ4n) is 5.28. The van der Waals surface area contributed by atoms with Gasteiger partial charge in [0, 0.05) is 25.0 Å². The Labute approximate surface area is 203 Å². The molecule has 5 heteroatoms. The highest BCUT2D eigenvalue weighted by Crippen LogP contribution is 2.38. The molecule has 2 amide bonds. The van der Waals surface area contributed by atoms with Crippen molar-refractivity contribution >= 4 is 11.8 Å². The molecule has 0 saturated heterocycles. The Kier molecular flexibility index (Phi) is 7.71. The van der Waals surface area contributed by atoms with Gasteiger partial charge >= 0.3 is 0 Å². The van der Waals surface area contributed by atoms with Crippen LogP contribution in [-0.2, 0) is 16.0 Å². The van der Waals surface area contributed by atoms with Crippen molar-refractivity contribution in [1.82, 2.24) is 9.80 Å². The fraction of sp³-hybridized carbons (Fsp3) is 0.448. The van der Waals surface area contributed by atoms with Gasteiger partial charge in [0.1, 0.15) is 5.75 Å². The zero-order chi connectivity index (χ0) is 24.1. The van der Waals surface area contributed by atoms with E-state index in [0.29, 0.717) is 18.8 Å². The second-order valence-corrected chi connectivity index (χ2v) is 9.67. The molecule has 1 atom stereocenters. The fourth-order valence-corrected chi connectivity index (χ4v) is 5.28. The average molecular weight is 461 g/mol. The van der Waals surface area contributed by atoms with E-state index in [1.54, 1.807) is 6.08 Å². The van der Waals surface area contributed by atoms with Gasteiger partial charge in [0.15, 0.2) is 6.61 Å². The van der Waals surface area contributed by atoms with Crippen LogP contribution in [-0.4, -0.2) is 47.4 Å². The normalized spacial score (nSPS) is 18.0. The molecular weight excluding hydrogens is 424 g/mol. The summed E-state index contributed by atoms with van der Waals surface area (Å²) in [7, 11) is 0. The minimum atomic E-state index is -0.158. The number of hydrogen-bond donors (Lipinski definition) is 0. The van der Waals surface area contributed by atoms with E-state index >= 15 is 0 Å². The van der Waals surface area contributed by atoms with Gasteiger partial charge in [0.25, 0.3) is 5.91 Å². The van der Waals surface area contributed by atoms with E-state index in [2.05, 4.69) is 24.8 Å². The van der Waals surface area contributed by atoms with Crippen molar-refractivity contribution in [2.45, 2.75) is 58.0 Å². The SMILES string of the molecule is C=CCN(C(=O)COc1ccc2c(c1)C(c1ccccc1)N(C(=O)C(C)C)CC2)C1CCCC1. The van der Waals surface area contributed by atoms with Gasteiger partial charge in [0.05, 0.1) is 6.04 Å². The molecule has 2 aliphatic rings. The van der Waals surface area contributed by atoms with Gasteiger partial charge < -0.3 is 14.5 Å². The van der Waals surface area contributed by atoms with E-state index in [1.165, 1.54) is 18.4 Å². The maximum atomic E-state index is 13.1. The highest BCUT2D eigenvalue weighted by Gasteiger charge is 2.33. The Morgan fingerprint density at radius 1 is 1.15 bits per heavy atom. The Balaban J connectivity index is 1.57. The minimum Gasteiger partial charge on any atom is -0.484 e. The summed E-state index contributed by atoms with van der Waals surface area (Å²) in [6.45, 7) is 8.98. The maximum Gasteiger partial charge on any atom is 0.261 e. The molecule has 1 saturated carbocycles. The third-order valence-electron chi connectivity index (χ3n) is 7.01. The molecule has 1 aliphatic carbocycles. The molecule has 34 heavy (non-hydrogen) atoms. The first kappa shape index (κ1) is 24.1. The number of nitrogens with zero attached hydrogens (tertiary/aromatic N) is 2. The van der Waals surface area contributed by atoms with Crippen LogP contribution < -0.4 is 4.74 Å². The molecule has 5 nitrogen and oxygen atoms in total. The van der Waals surface area contributed by atoms with Crippen LogP contribution in [0, 0.1) is 5.92 Å². The summed E-state index contributed by atoms with van der Waals surface area (Å²) >= 11 is 0. The summed E-state index contributed by atoms with van der Waals surface area (Å²) in [5.74, 6) is 0.742. The van der Waals surface area contributed by atoms with Crippen LogP contribution in [0.25, 0.3) is 0 Å². The third-order valence-corrected chi connectivity index (χ3v) is 7.01. The lowest BCUT2D eigenvalue weighted by Gasteiger charge is -2.39. The molecule has 4 rings (SSSR count). The Hall–Kier alpha value is -3.08. The minimum absolute atomic E-state index is 0.000687. The summed E-state index contributed by atoms with van der Waals surface area (Å²) in [5.41, 5.74) is 3.39. The molecule has 0 radical (unpaired) electrons. The number of fused-ring (bicyclic) bond motifs is 1. The average Bonchev–Trinajstić information content (AvgIpc) is 3.39. The molecular formula is C29H36N2O3. The van der Waals surface area contributed by atoms with E-state index < -0.39 is 0 Å². The molecule has 0 N–H and O–H groups in total. The third kappa shape index (κ3) is 5.19. The van der Waals surface area contributed by atoms with Crippen molar-refractivity contribution in [2.75, 3.05) is 19.7 Å². The number of rotatable bonds is 8. The predicted molar refractivity (Wildman–Crippen MR) is 135 cm³/mol. The molecule has 180 valence electrons. The maximum absolute atomic E-state index is 13.1. The summed E-state index contributed by atoms with van der Waals surface area (Å²) in [6.07, 6.45) is 7.05. The summed E-state index contributed by atoms with van der Waals surface area (Å²) < 4.78 is 6.02. The monoisotopic (exact) mass is 460 g/mol. The van der Waals surface area contributed by atoms with Crippen molar-refractivity contribution in [1.29, 1.82) is 0 Å². The molecule has 1 aliphatic heterocycles. The smallest absolute Gasteiger partial charge is 0.261 e. The van der Waals surface area contributed by atoms with Crippen LogP contribution in [0.2, 0.25) is 0 Å². The second kappa shape index (κ2) is 10.9. The lowest BCUT2D eigenvalue weighted by molar-refractivity contribution is -0.136. The lowest BCUT2D eigenvalue weighted by atomic mass is 9.87. The zero-order valence-electron chi connectivity index (χ0n) is 20.4. The van der Waals surface area contributed by atoms with Gasteiger partial charge in [-0.05, 0) is 48.1 Å². The van der Waals surface area contributed by atoms with Gasteiger partial charge in [0.2, 0.25) is 5.91 Å². The molecule has 0 aromatic heterocycles. The molecule has 1 fully saturated rings. The summed E-state index contributed by atoms with van der Waals surface area (Å²) in [5, 5.41) is 0. The number of carbonyl (C=O) groups is 2. The standard InChI is InChI=1S/C29H36N2O3/c1-4-17-30(24-12-8-9-13-24)27(32)20-34-25-15-14-22-16-18-31(29(33)21(2)3)28(26(22)19-25)23-10-6-5-7-11-23/h4-7,10-11,14-15,19,21,24,28H,1,8-9,12-13,16-18,20H2,2-3H3. The Bertz CT molecular complexity index is 1010. The highest BCUT2D eigenvalue weighted by molar-refractivity contribution is 5.80. The number of carbonyl (C=O) groups excluding carboxylic acids is 2. The van der Waals surface area contributed by atoms with Gasteiger partial charge in [-0.15, -0.1) is 6.58 Å². The number of ether oxygens (including phenoxy) is 1. The molecule has 0 bridgehead atoms. The largest absolute Gasteiger partial charge is 0.484 e. The Morgan fingerprint density at radius 2 is 1.88 bits per heavy atom. The van der Waals surface area contributed by atoms with Crippen LogP contribution in [0.4, 0.5) is 0 Å². The van der Waals surface area contributed by atoms with Crippen molar-refractivity contribution in [3.05, 3.63) is 77.9 Å². The highest BCUT2D eigenvalue weighted by atomic mass is 16.5. The topological polar surface area (TPSA) is 49.9 Å². The second-order valence-electron chi connectivity index (χ2n) is 9.67. The van der Waals surface area contributed by atoms with Gasteiger partial charge in [-0.1, -0.05) is 69.2 Å². The molecule has 0 spiro atoms. The first-order chi connectivity index (χ1) is 16.5. The van der Waals surface area contributed by atoms with E-state index in [-0.39, 0.29) is 36.4 Å². The van der Waals surface area contributed by atoms with Gasteiger partial charge in [-0.2, -0.15) is 0 Å². The van der Waals surface area contributed by atoms with E-state index in [0.717, 1.165) is 30.4 Å². The van der Waals surface area contributed by atoms with E-state index in [1.807, 2.05) is 54.0 Å². The number of benzene rings is 2. The van der Waals surface area contributed by atoms with Crippen molar-refractivity contribution in [2.24, 2.45) is 5.92 Å². The van der Waals surface area contributed by atoms with Crippen LogP contribution >= 0.6 is 0 Å². The summed E-state index contributed by atoms with van der Waals surface area (Å²) in [4.78, 5) is 30.0. The predicted octanol–water partition coefficient (Wildman–Crippen LogP) is 5.15. The van der Waals surface area contributed by atoms with Crippen LogP contribution in [0.3, 0.4) is 0 Å². The number of amides is 2. The Morgan fingerprint density at radius 3 is 2.56 bits per heavy atom. The summed E-state index contributed by atoms with van der Waals surface area (Å²) in [6, 6.07) is 16.3. The molecule has 1 heterocycles. The molecule has 1 unspecified atom stereocenters. The molecule has 2 aromatic rings. The van der Waals surface area contributed by atoms with Crippen molar-refractivity contribution < 1.29 is 14.3 Å². The first-order valence-electron chi connectivity index (χ1n) is 12.5. The van der Waals surface area contributed by atoms with Crippen LogP contribution in [0.1, 0.15) is 62.3 Å². The molecule has 2 aromatic carbocycles. The lowest BCUT2D eigenvalue weighted by Crippen LogP contribution is -2.42. The quantitative estimate of drug-likeness (QED) is 0.512.